The standard InChI is InChI=1S/C22H20F2N4O3/c1-30-20-15(22(24)8-9-22)4-3-5-16(20)27-17-10-19(26-12-14(17)21(29)31-2)28-18-7-6-13(23)11-25-18/h3-7,10-12H,8-9H2,1-2H3,(H2,25,26,27,28). The molecule has 4 rings (SSSR count). The summed E-state index contributed by atoms with van der Waals surface area (Å²) in [7, 11) is 2.73. The first kappa shape index (κ1) is 20.5. The van der Waals surface area contributed by atoms with Crippen molar-refractivity contribution < 1.29 is 23.0 Å². The Morgan fingerprint density at radius 2 is 1.81 bits per heavy atom. The second-order valence-electron chi connectivity index (χ2n) is 7.07. The topological polar surface area (TPSA) is 85.4 Å². The fourth-order valence-electron chi connectivity index (χ4n) is 3.21. The maximum Gasteiger partial charge on any atom is 0.341 e. The van der Waals surface area contributed by atoms with Gasteiger partial charge in [-0.05, 0) is 31.0 Å². The van der Waals surface area contributed by atoms with Gasteiger partial charge in [-0.1, -0.05) is 12.1 Å². The summed E-state index contributed by atoms with van der Waals surface area (Å²) in [5.74, 6) is 0.0348. The van der Waals surface area contributed by atoms with E-state index in [1.165, 1.54) is 32.5 Å². The smallest absolute Gasteiger partial charge is 0.341 e. The Morgan fingerprint density at radius 3 is 2.45 bits per heavy atom. The van der Waals surface area contributed by atoms with Crippen molar-refractivity contribution in [3.63, 3.8) is 0 Å². The Labute approximate surface area is 177 Å². The lowest BCUT2D eigenvalue weighted by atomic mass is 10.1. The summed E-state index contributed by atoms with van der Waals surface area (Å²) in [6, 6.07) is 9.44. The number of ether oxygens (including phenoxy) is 2. The molecule has 9 heteroatoms. The highest BCUT2D eigenvalue weighted by Gasteiger charge is 2.47. The van der Waals surface area contributed by atoms with Crippen LogP contribution in [-0.2, 0) is 10.4 Å². The highest BCUT2D eigenvalue weighted by molar-refractivity contribution is 5.97. The van der Waals surface area contributed by atoms with Crippen molar-refractivity contribution in [2.75, 3.05) is 24.9 Å². The third-order valence-corrected chi connectivity index (χ3v) is 4.95. The number of rotatable bonds is 7. The highest BCUT2D eigenvalue weighted by atomic mass is 19.1. The van der Waals surface area contributed by atoms with Crippen LogP contribution in [0.2, 0.25) is 0 Å². The van der Waals surface area contributed by atoms with Gasteiger partial charge in [-0.3, -0.25) is 0 Å². The molecule has 0 spiro atoms. The minimum atomic E-state index is -1.40. The number of nitrogens with zero attached hydrogens (tertiary/aromatic N) is 2. The van der Waals surface area contributed by atoms with E-state index in [0.717, 1.165) is 6.20 Å². The number of anilines is 4. The average molecular weight is 426 g/mol. The molecule has 1 aromatic carbocycles. The maximum atomic E-state index is 14.8. The van der Waals surface area contributed by atoms with Crippen LogP contribution in [0, 0.1) is 5.82 Å². The fraction of sp³-hybridized carbons (Fsp3) is 0.227. The van der Waals surface area contributed by atoms with Crippen molar-refractivity contribution in [3.8, 4) is 5.75 Å². The fourth-order valence-corrected chi connectivity index (χ4v) is 3.21. The van der Waals surface area contributed by atoms with Gasteiger partial charge in [-0.25, -0.2) is 23.5 Å². The summed E-state index contributed by atoms with van der Waals surface area (Å²) in [6.07, 6.45) is 3.29. The van der Waals surface area contributed by atoms with Gasteiger partial charge in [0.2, 0.25) is 0 Å². The molecule has 2 aromatic heterocycles. The van der Waals surface area contributed by atoms with Gasteiger partial charge in [-0.15, -0.1) is 0 Å². The zero-order valence-corrected chi connectivity index (χ0v) is 16.9. The molecule has 31 heavy (non-hydrogen) atoms. The first-order valence-corrected chi connectivity index (χ1v) is 9.54. The molecular weight excluding hydrogens is 406 g/mol. The molecule has 0 atom stereocenters. The molecule has 1 aliphatic rings. The van der Waals surface area contributed by atoms with Crippen LogP contribution < -0.4 is 15.4 Å². The summed E-state index contributed by atoms with van der Waals surface area (Å²) in [4.78, 5) is 20.4. The molecule has 0 radical (unpaired) electrons. The van der Waals surface area contributed by atoms with Crippen molar-refractivity contribution in [2.45, 2.75) is 18.5 Å². The zero-order chi connectivity index (χ0) is 22.0. The van der Waals surface area contributed by atoms with Gasteiger partial charge >= 0.3 is 5.97 Å². The predicted octanol–water partition coefficient (Wildman–Crippen LogP) is 4.86. The Morgan fingerprint density at radius 1 is 1.03 bits per heavy atom. The molecule has 0 bridgehead atoms. The number of nitrogens with one attached hydrogen (secondary N) is 2. The molecule has 1 aliphatic carbocycles. The van der Waals surface area contributed by atoms with Crippen molar-refractivity contribution >= 4 is 29.0 Å². The molecule has 2 heterocycles. The maximum absolute atomic E-state index is 14.8. The second kappa shape index (κ2) is 8.17. The second-order valence-corrected chi connectivity index (χ2v) is 7.07. The number of alkyl halides is 1. The average Bonchev–Trinajstić information content (AvgIpc) is 3.53. The molecule has 1 saturated carbocycles. The Hall–Kier alpha value is -3.75. The third kappa shape index (κ3) is 4.25. The summed E-state index contributed by atoms with van der Waals surface area (Å²) >= 11 is 0. The number of hydrogen-bond acceptors (Lipinski definition) is 7. The quantitative estimate of drug-likeness (QED) is 0.522. The number of benzene rings is 1. The van der Waals surface area contributed by atoms with Gasteiger partial charge in [0.05, 0.1) is 31.8 Å². The highest BCUT2D eigenvalue weighted by Crippen LogP contribution is 2.54. The van der Waals surface area contributed by atoms with E-state index in [1.54, 1.807) is 24.3 Å². The first-order valence-electron chi connectivity index (χ1n) is 9.54. The van der Waals surface area contributed by atoms with Crippen molar-refractivity contribution in [1.29, 1.82) is 0 Å². The number of hydrogen-bond donors (Lipinski definition) is 2. The van der Waals surface area contributed by atoms with Gasteiger partial charge < -0.3 is 20.1 Å². The van der Waals surface area contributed by atoms with Gasteiger partial charge in [0.25, 0.3) is 0 Å². The summed E-state index contributed by atoms with van der Waals surface area (Å²) < 4.78 is 38.2. The molecule has 2 N–H and O–H groups in total. The lowest BCUT2D eigenvalue weighted by molar-refractivity contribution is 0.0601. The minimum Gasteiger partial charge on any atom is -0.494 e. The number of esters is 1. The van der Waals surface area contributed by atoms with E-state index in [2.05, 4.69) is 20.6 Å². The summed E-state index contributed by atoms with van der Waals surface area (Å²) in [5.41, 5.74) is 0.0983. The van der Waals surface area contributed by atoms with Gasteiger partial charge in [0.1, 0.15) is 34.4 Å². The molecule has 0 unspecified atom stereocenters. The summed E-state index contributed by atoms with van der Waals surface area (Å²) in [5, 5.41) is 6.07. The number of methoxy groups -OCH3 is 2. The predicted molar refractivity (Wildman–Crippen MR) is 111 cm³/mol. The van der Waals surface area contributed by atoms with E-state index < -0.39 is 17.5 Å². The Kier molecular flexibility index (Phi) is 5.41. The Bertz CT molecular complexity index is 1120. The van der Waals surface area contributed by atoms with E-state index in [9.17, 15) is 13.6 Å². The van der Waals surface area contributed by atoms with Gasteiger partial charge in [0, 0.05) is 17.8 Å². The van der Waals surface area contributed by atoms with Crippen LogP contribution in [-0.4, -0.2) is 30.2 Å². The lowest BCUT2D eigenvalue weighted by Crippen LogP contribution is -2.09. The molecule has 7 nitrogen and oxygen atoms in total. The van der Waals surface area contributed by atoms with Crippen LogP contribution in [0.15, 0.2) is 48.8 Å². The Balaban J connectivity index is 1.70. The van der Waals surface area contributed by atoms with Crippen LogP contribution in [0.25, 0.3) is 0 Å². The van der Waals surface area contributed by atoms with Crippen molar-refractivity contribution in [3.05, 3.63) is 65.7 Å². The van der Waals surface area contributed by atoms with E-state index >= 15 is 0 Å². The van der Waals surface area contributed by atoms with Gasteiger partial charge in [-0.2, -0.15) is 0 Å². The van der Waals surface area contributed by atoms with E-state index in [1.807, 2.05) is 0 Å². The number of para-hydroxylation sites is 1. The largest absolute Gasteiger partial charge is 0.494 e. The van der Waals surface area contributed by atoms with Crippen LogP contribution in [0.1, 0.15) is 28.8 Å². The van der Waals surface area contributed by atoms with E-state index in [0.29, 0.717) is 47.2 Å². The van der Waals surface area contributed by atoms with E-state index in [-0.39, 0.29) is 5.56 Å². The third-order valence-electron chi connectivity index (χ3n) is 4.95. The van der Waals surface area contributed by atoms with Crippen LogP contribution >= 0.6 is 0 Å². The van der Waals surface area contributed by atoms with Crippen molar-refractivity contribution in [2.24, 2.45) is 0 Å². The van der Waals surface area contributed by atoms with E-state index in [4.69, 9.17) is 9.47 Å². The molecule has 3 aromatic rings. The van der Waals surface area contributed by atoms with Crippen LogP contribution in [0.4, 0.5) is 31.8 Å². The molecule has 1 fully saturated rings. The monoisotopic (exact) mass is 426 g/mol. The molecule has 0 saturated heterocycles. The van der Waals surface area contributed by atoms with Gasteiger partial charge in [0.15, 0.2) is 0 Å². The number of halogens is 2. The minimum absolute atomic E-state index is 0.175. The lowest BCUT2D eigenvalue weighted by Gasteiger charge is -2.18. The number of pyridine rings is 2. The number of aromatic nitrogens is 2. The number of carbonyl (C=O) groups excluding carboxylic acids is 1. The van der Waals surface area contributed by atoms with Crippen LogP contribution in [0.3, 0.4) is 0 Å². The SMILES string of the molecule is COC(=O)c1cnc(Nc2ccc(F)cn2)cc1Nc1cccc(C2(F)CC2)c1OC. The van der Waals surface area contributed by atoms with Crippen LogP contribution in [0.5, 0.6) is 5.75 Å². The van der Waals surface area contributed by atoms with Crippen molar-refractivity contribution in [1.82, 2.24) is 9.97 Å². The zero-order valence-electron chi connectivity index (χ0n) is 16.9. The number of carbonyl (C=O) groups is 1. The molecule has 160 valence electrons. The molecule has 0 aliphatic heterocycles. The summed E-state index contributed by atoms with van der Waals surface area (Å²) in [6.45, 7) is 0. The molecule has 0 amide bonds. The molecular formula is C22H20F2N4O3. The first-order chi connectivity index (χ1) is 14.9. The normalized spacial score (nSPS) is 13.9.